The molecule has 0 spiro atoms. The highest BCUT2D eigenvalue weighted by molar-refractivity contribution is 8.19. The summed E-state index contributed by atoms with van der Waals surface area (Å²) in [7, 11) is 0. The van der Waals surface area contributed by atoms with Crippen LogP contribution in [0.3, 0.4) is 0 Å². The Morgan fingerprint density at radius 2 is 1.77 bits per heavy atom. The molecular weight excluding hydrogens is 370 g/mol. The van der Waals surface area contributed by atoms with Crippen LogP contribution in [0, 0.1) is 0 Å². The molecule has 5 nitrogen and oxygen atoms in total. The van der Waals surface area contributed by atoms with E-state index in [1.165, 1.54) is 23.5 Å². The van der Waals surface area contributed by atoms with Gasteiger partial charge < -0.3 is 9.47 Å². The first kappa shape index (κ1) is 20.6. The Hall–Kier alpha value is -1.73. The zero-order valence-electron chi connectivity index (χ0n) is 15.4. The standard InChI is InChI=1S/C19H23NO4S2/c1-5-23-14(21)12-25-16-15(18(22)24-6-2)26-17(20-19(16,3)4)13-10-8-7-9-11-13/h7-11H,5-6,12H2,1-4H3. The number of carbonyl (C=O) groups is 2. The van der Waals surface area contributed by atoms with Gasteiger partial charge in [0.25, 0.3) is 0 Å². The molecule has 0 bridgehead atoms. The van der Waals surface area contributed by atoms with Crippen LogP contribution >= 0.6 is 23.5 Å². The van der Waals surface area contributed by atoms with Crippen molar-refractivity contribution in [2.45, 2.75) is 33.2 Å². The number of benzene rings is 1. The van der Waals surface area contributed by atoms with Crippen molar-refractivity contribution in [3.05, 3.63) is 45.7 Å². The van der Waals surface area contributed by atoms with E-state index in [0.29, 0.717) is 11.5 Å². The van der Waals surface area contributed by atoms with Gasteiger partial charge in [0.1, 0.15) is 9.95 Å². The highest BCUT2D eigenvalue weighted by atomic mass is 32.2. The molecule has 0 saturated heterocycles. The van der Waals surface area contributed by atoms with E-state index >= 15 is 0 Å². The predicted molar refractivity (Wildman–Crippen MR) is 107 cm³/mol. The summed E-state index contributed by atoms with van der Waals surface area (Å²) in [4.78, 5) is 30.4. The summed E-state index contributed by atoms with van der Waals surface area (Å²) in [5, 5.41) is 0.763. The van der Waals surface area contributed by atoms with Crippen LogP contribution in [-0.4, -0.2) is 41.5 Å². The zero-order valence-corrected chi connectivity index (χ0v) is 17.0. The van der Waals surface area contributed by atoms with Crippen LogP contribution in [0.2, 0.25) is 0 Å². The molecule has 7 heteroatoms. The van der Waals surface area contributed by atoms with E-state index in [2.05, 4.69) is 0 Å². The largest absolute Gasteiger partial charge is 0.465 e. The van der Waals surface area contributed by atoms with Gasteiger partial charge in [0.15, 0.2) is 0 Å². The third kappa shape index (κ3) is 5.14. The smallest absolute Gasteiger partial charge is 0.345 e. The number of thioether (sulfide) groups is 2. The van der Waals surface area contributed by atoms with Crippen LogP contribution in [0.25, 0.3) is 0 Å². The van der Waals surface area contributed by atoms with E-state index in [0.717, 1.165) is 15.5 Å². The Bertz CT molecular complexity index is 726. The van der Waals surface area contributed by atoms with Crippen LogP contribution in [0.4, 0.5) is 0 Å². The summed E-state index contributed by atoms with van der Waals surface area (Å²) in [5.74, 6) is -0.571. The lowest BCUT2D eigenvalue weighted by atomic mass is 10.0. The monoisotopic (exact) mass is 393 g/mol. The molecule has 1 aliphatic rings. The third-order valence-corrected chi connectivity index (χ3v) is 6.06. The molecule has 0 amide bonds. The van der Waals surface area contributed by atoms with Crippen LogP contribution in [0.15, 0.2) is 45.1 Å². The maximum absolute atomic E-state index is 12.6. The summed E-state index contributed by atoms with van der Waals surface area (Å²) < 4.78 is 10.2. The molecule has 2 rings (SSSR count). The topological polar surface area (TPSA) is 65.0 Å². The van der Waals surface area contributed by atoms with Gasteiger partial charge in [-0.2, -0.15) is 0 Å². The second-order valence-corrected chi connectivity index (χ2v) is 7.90. The van der Waals surface area contributed by atoms with E-state index in [9.17, 15) is 9.59 Å². The highest BCUT2D eigenvalue weighted by Crippen LogP contribution is 2.44. The summed E-state index contributed by atoms with van der Waals surface area (Å²) in [5.41, 5.74) is 0.303. The average Bonchev–Trinajstić information content (AvgIpc) is 2.60. The molecule has 0 radical (unpaired) electrons. The Kier molecular flexibility index (Phi) is 7.34. The fourth-order valence-corrected chi connectivity index (χ4v) is 4.83. The van der Waals surface area contributed by atoms with Crippen molar-refractivity contribution >= 4 is 40.5 Å². The van der Waals surface area contributed by atoms with Crippen LogP contribution in [0.5, 0.6) is 0 Å². The fourth-order valence-electron chi connectivity index (χ4n) is 2.36. The van der Waals surface area contributed by atoms with Gasteiger partial charge in [-0.05, 0) is 27.7 Å². The maximum Gasteiger partial charge on any atom is 0.345 e. The normalized spacial score (nSPS) is 16.1. The molecule has 0 fully saturated rings. The third-order valence-electron chi connectivity index (χ3n) is 3.46. The van der Waals surface area contributed by atoms with Gasteiger partial charge >= 0.3 is 11.9 Å². The molecule has 0 N–H and O–H groups in total. The van der Waals surface area contributed by atoms with Crippen LogP contribution < -0.4 is 0 Å². The van der Waals surface area contributed by atoms with Crippen LogP contribution in [0.1, 0.15) is 33.3 Å². The highest BCUT2D eigenvalue weighted by Gasteiger charge is 2.36. The Labute approximate surface area is 162 Å². The van der Waals surface area contributed by atoms with Crippen LogP contribution in [-0.2, 0) is 19.1 Å². The summed E-state index contributed by atoms with van der Waals surface area (Å²) in [6.07, 6.45) is 0. The molecule has 1 aliphatic heterocycles. The Balaban J connectivity index is 2.36. The van der Waals surface area contributed by atoms with Gasteiger partial charge in [0.05, 0.1) is 24.5 Å². The van der Waals surface area contributed by atoms with Gasteiger partial charge in [-0.25, -0.2) is 4.79 Å². The maximum atomic E-state index is 12.6. The van der Waals surface area contributed by atoms with Crippen molar-refractivity contribution < 1.29 is 19.1 Å². The fraction of sp³-hybridized carbons (Fsp3) is 0.421. The van der Waals surface area contributed by atoms with Crippen molar-refractivity contribution in [2.75, 3.05) is 19.0 Å². The summed E-state index contributed by atoms with van der Waals surface area (Å²) in [6.45, 7) is 8.02. The number of rotatable bonds is 7. The molecule has 0 unspecified atom stereocenters. The van der Waals surface area contributed by atoms with Crippen molar-refractivity contribution in [3.63, 3.8) is 0 Å². The molecular formula is C19H23NO4S2. The first-order chi connectivity index (χ1) is 12.4. The molecule has 140 valence electrons. The van der Waals surface area contributed by atoms with Crippen molar-refractivity contribution in [1.82, 2.24) is 0 Å². The van der Waals surface area contributed by atoms with E-state index in [4.69, 9.17) is 14.5 Å². The van der Waals surface area contributed by atoms with Crippen molar-refractivity contribution in [1.29, 1.82) is 0 Å². The lowest BCUT2D eigenvalue weighted by Crippen LogP contribution is -2.29. The van der Waals surface area contributed by atoms with E-state index in [-0.39, 0.29) is 24.3 Å². The number of hydrogen-bond acceptors (Lipinski definition) is 7. The quantitative estimate of drug-likeness (QED) is 0.652. The SMILES string of the molecule is CCOC(=O)CSC1=C(C(=O)OCC)SC(c2ccccc2)=NC1(C)C. The van der Waals surface area contributed by atoms with Gasteiger partial charge in [0, 0.05) is 10.5 Å². The molecule has 1 aromatic carbocycles. The van der Waals surface area contributed by atoms with Crippen molar-refractivity contribution in [2.24, 2.45) is 4.99 Å². The lowest BCUT2D eigenvalue weighted by Gasteiger charge is -2.31. The minimum absolute atomic E-state index is 0.131. The second-order valence-electron chi connectivity index (χ2n) is 5.92. The zero-order chi connectivity index (χ0) is 19.2. The number of carbonyl (C=O) groups excluding carboxylic acids is 2. The molecule has 26 heavy (non-hydrogen) atoms. The number of nitrogens with zero attached hydrogens (tertiary/aromatic N) is 1. The Morgan fingerprint density at radius 3 is 2.38 bits per heavy atom. The minimum Gasteiger partial charge on any atom is -0.465 e. The van der Waals surface area contributed by atoms with Gasteiger partial charge in [-0.1, -0.05) is 42.1 Å². The van der Waals surface area contributed by atoms with E-state index < -0.39 is 5.54 Å². The summed E-state index contributed by atoms with van der Waals surface area (Å²) >= 11 is 2.58. The first-order valence-electron chi connectivity index (χ1n) is 8.42. The van der Waals surface area contributed by atoms with Gasteiger partial charge in [-0.3, -0.25) is 9.79 Å². The Morgan fingerprint density at radius 1 is 1.12 bits per heavy atom. The molecule has 0 aliphatic carbocycles. The van der Waals surface area contributed by atoms with Gasteiger partial charge in [-0.15, -0.1) is 11.8 Å². The molecule has 0 saturated carbocycles. The van der Waals surface area contributed by atoms with Crippen molar-refractivity contribution in [3.8, 4) is 0 Å². The van der Waals surface area contributed by atoms with E-state index in [1.807, 2.05) is 44.2 Å². The number of aliphatic imine (C=N–C) groups is 1. The average molecular weight is 394 g/mol. The minimum atomic E-state index is -0.643. The lowest BCUT2D eigenvalue weighted by molar-refractivity contribution is -0.140. The molecule has 1 heterocycles. The molecule has 0 atom stereocenters. The number of esters is 2. The predicted octanol–water partition coefficient (Wildman–Crippen LogP) is 4.03. The van der Waals surface area contributed by atoms with E-state index in [1.54, 1.807) is 13.8 Å². The molecule has 0 aromatic heterocycles. The second kappa shape index (κ2) is 9.28. The van der Waals surface area contributed by atoms with Gasteiger partial charge in [0.2, 0.25) is 0 Å². The summed E-state index contributed by atoms with van der Waals surface area (Å²) in [6, 6.07) is 9.72. The first-order valence-corrected chi connectivity index (χ1v) is 10.2. The number of hydrogen-bond donors (Lipinski definition) is 0. The number of ether oxygens (including phenoxy) is 2. The molecule has 1 aromatic rings.